The zero-order chi connectivity index (χ0) is 17.1. The summed E-state index contributed by atoms with van der Waals surface area (Å²) < 4.78 is 11.1. The van der Waals surface area contributed by atoms with Gasteiger partial charge in [0.05, 0.1) is 18.6 Å². The summed E-state index contributed by atoms with van der Waals surface area (Å²) in [5.41, 5.74) is 2.61. The van der Waals surface area contributed by atoms with Gasteiger partial charge in [0.25, 0.3) is 0 Å². The summed E-state index contributed by atoms with van der Waals surface area (Å²) in [6, 6.07) is 15.0. The first-order valence-corrected chi connectivity index (χ1v) is 7.52. The van der Waals surface area contributed by atoms with E-state index in [0.717, 1.165) is 22.3 Å². The van der Waals surface area contributed by atoms with E-state index >= 15 is 0 Å². The number of methoxy groups -OCH3 is 1. The van der Waals surface area contributed by atoms with E-state index in [1.54, 1.807) is 13.2 Å². The van der Waals surface area contributed by atoms with Crippen molar-refractivity contribution in [2.75, 3.05) is 13.7 Å². The van der Waals surface area contributed by atoms with Crippen LogP contribution >= 0.6 is 0 Å². The maximum Gasteiger partial charge on any atom is 0.213 e. The molecule has 0 atom stereocenters. The van der Waals surface area contributed by atoms with E-state index in [0.29, 0.717) is 16.7 Å². The molecule has 5 nitrogen and oxygen atoms in total. The second-order valence-corrected chi connectivity index (χ2v) is 5.48. The first-order valence-electron chi connectivity index (χ1n) is 7.52. The molecule has 2 aromatic carbocycles. The van der Waals surface area contributed by atoms with Gasteiger partial charge in [-0.05, 0) is 43.3 Å². The Morgan fingerprint density at radius 1 is 1.17 bits per heavy atom. The van der Waals surface area contributed by atoms with E-state index in [9.17, 15) is 9.90 Å². The van der Waals surface area contributed by atoms with Crippen molar-refractivity contribution in [1.29, 1.82) is 0 Å². The molecule has 0 fully saturated rings. The predicted molar refractivity (Wildman–Crippen MR) is 86.9 cm³/mol. The van der Waals surface area contributed by atoms with E-state index in [2.05, 4.69) is 4.99 Å². The Hall–Kier alpha value is -3.08. The molecule has 3 aromatic rings. The number of carboxylic acid groups (broad SMARTS) is 1. The summed E-state index contributed by atoms with van der Waals surface area (Å²) in [5.74, 6) is 0.225. The van der Waals surface area contributed by atoms with Crippen LogP contribution in [0.1, 0.15) is 5.56 Å². The van der Waals surface area contributed by atoms with E-state index in [-0.39, 0.29) is 6.54 Å². The lowest BCUT2D eigenvalue weighted by Crippen LogP contribution is -2.79. The lowest BCUT2D eigenvalue weighted by molar-refractivity contribution is -0.501. The Bertz CT molecular complexity index is 955. The summed E-state index contributed by atoms with van der Waals surface area (Å²) in [4.78, 5) is 13.7. The van der Waals surface area contributed by atoms with Crippen LogP contribution in [0.15, 0.2) is 52.9 Å². The van der Waals surface area contributed by atoms with Crippen LogP contribution < -0.4 is 20.2 Å². The van der Waals surface area contributed by atoms with Crippen molar-refractivity contribution in [1.82, 2.24) is 0 Å². The number of hydrogen-bond donors (Lipinski definition) is 1. The highest BCUT2D eigenvalue weighted by Gasteiger charge is 2.09. The molecule has 0 aliphatic heterocycles. The van der Waals surface area contributed by atoms with Crippen molar-refractivity contribution in [3.8, 4) is 17.1 Å². The third kappa shape index (κ3) is 3.30. The molecule has 24 heavy (non-hydrogen) atoms. The molecule has 0 radical (unpaired) electrons. The number of benzene rings is 2. The third-order valence-electron chi connectivity index (χ3n) is 3.72. The molecule has 0 unspecified atom stereocenters. The minimum absolute atomic E-state index is 0.269. The van der Waals surface area contributed by atoms with Gasteiger partial charge in [-0.25, -0.2) is 4.99 Å². The summed E-state index contributed by atoms with van der Waals surface area (Å²) in [5, 5.41) is 12.3. The summed E-state index contributed by atoms with van der Waals surface area (Å²) in [7, 11) is 1.61. The maximum absolute atomic E-state index is 10.8. The highest BCUT2D eigenvalue weighted by Crippen LogP contribution is 2.24. The van der Waals surface area contributed by atoms with Crippen molar-refractivity contribution in [2.45, 2.75) is 6.92 Å². The fraction of sp³-hybridized carbons (Fsp3) is 0.158. The largest absolute Gasteiger partial charge is 0.544 e. The van der Waals surface area contributed by atoms with Gasteiger partial charge >= 0.3 is 0 Å². The van der Waals surface area contributed by atoms with Gasteiger partial charge in [-0.2, -0.15) is 0 Å². The standard InChI is InChI=1S/C19H17NO4/c1-12-3-8-17-15(9-12)16(20-11-19(21)22)10-18(24-17)13-4-6-14(23-2)7-5-13/h3-10H,11H2,1-2H3,(H,21,22). The van der Waals surface area contributed by atoms with Crippen LogP contribution in [0.2, 0.25) is 0 Å². The number of carbonyl (C=O) groups is 1. The second-order valence-electron chi connectivity index (χ2n) is 5.48. The number of rotatable bonds is 4. The van der Waals surface area contributed by atoms with Crippen molar-refractivity contribution in [3.63, 3.8) is 0 Å². The first kappa shape index (κ1) is 15.8. The minimum Gasteiger partial charge on any atom is -0.544 e. The molecule has 0 aliphatic carbocycles. The predicted octanol–water partition coefficient (Wildman–Crippen LogP) is 0.148. The van der Waals surface area contributed by atoms with Gasteiger partial charge < -0.3 is 19.1 Å². The van der Waals surface area contributed by atoms with Crippen LogP contribution in [0.3, 0.4) is 0 Å². The molecule has 0 saturated heterocycles. The molecule has 0 amide bonds. The van der Waals surface area contributed by atoms with Crippen molar-refractivity contribution >= 4 is 16.9 Å². The molecule has 0 saturated carbocycles. The fourth-order valence-electron chi connectivity index (χ4n) is 2.51. The van der Waals surface area contributed by atoms with Gasteiger partial charge in [-0.3, -0.25) is 0 Å². The highest BCUT2D eigenvalue weighted by molar-refractivity contribution is 5.78. The number of carbonyl (C=O) groups excluding carboxylic acids is 1. The normalized spacial score (nSPS) is 11.7. The van der Waals surface area contributed by atoms with Crippen LogP contribution in [0.25, 0.3) is 22.3 Å². The van der Waals surface area contributed by atoms with Crippen molar-refractivity contribution in [3.05, 3.63) is 59.5 Å². The van der Waals surface area contributed by atoms with Gasteiger partial charge in [-0.1, -0.05) is 11.6 Å². The molecule has 1 heterocycles. The maximum atomic E-state index is 10.8. The number of fused-ring (bicyclic) bond motifs is 1. The fourth-order valence-corrected chi connectivity index (χ4v) is 2.51. The Kier molecular flexibility index (Phi) is 4.33. The van der Waals surface area contributed by atoms with Gasteiger partial charge in [0, 0.05) is 5.56 Å². The van der Waals surface area contributed by atoms with E-state index in [4.69, 9.17) is 9.15 Å². The number of ether oxygens (including phenoxy) is 1. The van der Waals surface area contributed by atoms with E-state index in [1.165, 1.54) is 0 Å². The molecule has 1 aromatic heterocycles. The summed E-state index contributed by atoms with van der Waals surface area (Å²) in [6.45, 7) is 1.70. The molecular formula is C19H17NO4. The molecule has 0 spiro atoms. The molecule has 122 valence electrons. The number of hydrogen-bond acceptors (Lipinski definition) is 4. The van der Waals surface area contributed by atoms with Gasteiger partial charge in [0.15, 0.2) is 6.54 Å². The molecule has 1 N–H and O–H groups in total. The van der Waals surface area contributed by atoms with Crippen molar-refractivity contribution < 1.29 is 24.0 Å². The number of aryl methyl sites for hydroxylation is 1. The van der Waals surface area contributed by atoms with Crippen LogP contribution in [0.5, 0.6) is 5.75 Å². The second kappa shape index (κ2) is 6.58. The van der Waals surface area contributed by atoms with Crippen LogP contribution in [-0.2, 0) is 4.79 Å². The van der Waals surface area contributed by atoms with Crippen LogP contribution in [0, 0.1) is 6.92 Å². The monoisotopic (exact) mass is 323 g/mol. The zero-order valence-electron chi connectivity index (χ0n) is 13.5. The lowest BCUT2D eigenvalue weighted by atomic mass is 10.1. The Morgan fingerprint density at radius 3 is 2.58 bits per heavy atom. The summed E-state index contributed by atoms with van der Waals surface area (Å²) >= 11 is 0. The lowest BCUT2D eigenvalue weighted by Gasteiger charge is -2.05. The molecular weight excluding hydrogens is 306 g/mol. The van der Waals surface area contributed by atoms with E-state index < -0.39 is 5.97 Å². The average Bonchev–Trinajstić information content (AvgIpc) is 2.59. The Labute approximate surface area is 138 Å². The van der Waals surface area contributed by atoms with Crippen molar-refractivity contribution in [2.24, 2.45) is 0 Å². The van der Waals surface area contributed by atoms with E-state index in [1.807, 2.05) is 49.4 Å². The first-order chi connectivity index (χ1) is 11.6. The topological polar surface area (TPSA) is 76.5 Å². The SMILES string of the molecule is COc1ccc(-c2cc(=[NH+]CC(=O)[O-])c3cc(C)ccc3o2)cc1. The van der Waals surface area contributed by atoms with Gasteiger partial charge in [0.2, 0.25) is 5.36 Å². The quantitative estimate of drug-likeness (QED) is 0.741. The summed E-state index contributed by atoms with van der Waals surface area (Å²) in [6.07, 6.45) is 0. The smallest absolute Gasteiger partial charge is 0.213 e. The molecule has 3 rings (SSSR count). The molecule has 0 aliphatic rings. The zero-order valence-corrected chi connectivity index (χ0v) is 13.5. The minimum atomic E-state index is -1.16. The number of carboxylic acids is 1. The molecule has 0 bridgehead atoms. The number of nitrogens with one attached hydrogen (secondary N) is 1. The molecule has 5 heteroatoms. The highest BCUT2D eigenvalue weighted by atomic mass is 16.5. The average molecular weight is 323 g/mol. The third-order valence-corrected chi connectivity index (χ3v) is 3.72. The number of aliphatic carboxylic acids is 1. The Balaban J connectivity index is 2.20. The van der Waals surface area contributed by atoms with Gasteiger partial charge in [0.1, 0.15) is 23.1 Å². The van der Waals surface area contributed by atoms with Gasteiger partial charge in [-0.15, -0.1) is 0 Å². The van der Waals surface area contributed by atoms with Crippen LogP contribution in [-0.4, -0.2) is 19.6 Å². The van der Waals surface area contributed by atoms with Crippen LogP contribution in [0.4, 0.5) is 0 Å². The Morgan fingerprint density at radius 2 is 1.92 bits per heavy atom.